The topological polar surface area (TPSA) is 115 Å². The normalized spacial score (nSPS) is 13.6. The summed E-state index contributed by atoms with van der Waals surface area (Å²) in [6.45, 7) is 1.38. The molecule has 0 aliphatic heterocycles. The largest absolute Gasteiger partial charge is 0.465 e. The third-order valence-electron chi connectivity index (χ3n) is 3.35. The van der Waals surface area contributed by atoms with Gasteiger partial charge in [-0.25, -0.2) is 9.78 Å². The Kier molecular flexibility index (Phi) is 5.59. The lowest BCUT2D eigenvalue weighted by atomic mass is 10.1. The first-order valence-electron chi connectivity index (χ1n) is 7.03. The Morgan fingerprint density at radius 2 is 2.17 bits per heavy atom. The van der Waals surface area contributed by atoms with Gasteiger partial charge in [-0.15, -0.1) is 0 Å². The lowest BCUT2D eigenvalue weighted by molar-refractivity contribution is 0.105. The van der Waals surface area contributed by atoms with E-state index in [-0.39, 0.29) is 13.2 Å². The van der Waals surface area contributed by atoms with Gasteiger partial charge in [0.2, 0.25) is 0 Å². The van der Waals surface area contributed by atoms with Crippen LogP contribution >= 0.6 is 11.6 Å². The standard InChI is InChI=1S/C15H18ClN3O4/c1-8(18-15(22)23)11-5-9-3-2-4-12(16)13(9)19-14(11)17-6-10(21)7-20/h2-5,8,10,18,20-21H,6-7H2,1H3,(H,17,19)(H,22,23)/t8-,10-/m0/s1. The van der Waals surface area contributed by atoms with Crippen molar-refractivity contribution in [1.29, 1.82) is 0 Å². The van der Waals surface area contributed by atoms with Crippen LogP contribution in [0.25, 0.3) is 10.9 Å². The van der Waals surface area contributed by atoms with Crippen LogP contribution in [0.2, 0.25) is 5.02 Å². The van der Waals surface area contributed by atoms with Gasteiger partial charge in [-0.3, -0.25) is 0 Å². The predicted molar refractivity (Wildman–Crippen MR) is 87.9 cm³/mol. The molecule has 0 bridgehead atoms. The number of nitrogens with zero attached hydrogens (tertiary/aromatic N) is 1. The zero-order valence-electron chi connectivity index (χ0n) is 12.5. The molecule has 0 radical (unpaired) electrons. The molecule has 1 amide bonds. The van der Waals surface area contributed by atoms with Crippen molar-refractivity contribution in [1.82, 2.24) is 10.3 Å². The number of nitrogens with one attached hydrogen (secondary N) is 2. The van der Waals surface area contributed by atoms with E-state index in [0.29, 0.717) is 21.9 Å². The Labute approximate surface area is 137 Å². The molecule has 0 saturated carbocycles. The van der Waals surface area contributed by atoms with Gasteiger partial charge in [0.05, 0.1) is 29.3 Å². The van der Waals surface area contributed by atoms with Crippen LogP contribution in [0, 0.1) is 0 Å². The van der Waals surface area contributed by atoms with Gasteiger partial charge >= 0.3 is 6.09 Å². The second kappa shape index (κ2) is 7.45. The maximum atomic E-state index is 10.9. The van der Waals surface area contributed by atoms with E-state index in [1.165, 1.54) is 0 Å². The van der Waals surface area contributed by atoms with Crippen molar-refractivity contribution in [3.63, 3.8) is 0 Å². The number of carbonyl (C=O) groups is 1. The lowest BCUT2D eigenvalue weighted by Gasteiger charge is -2.19. The van der Waals surface area contributed by atoms with Gasteiger partial charge in [0, 0.05) is 17.5 Å². The zero-order chi connectivity index (χ0) is 17.0. The average molecular weight is 340 g/mol. The van der Waals surface area contributed by atoms with E-state index < -0.39 is 18.2 Å². The van der Waals surface area contributed by atoms with Crippen molar-refractivity contribution in [3.8, 4) is 0 Å². The summed E-state index contributed by atoms with van der Waals surface area (Å²) in [6, 6.07) is 6.60. The summed E-state index contributed by atoms with van der Waals surface area (Å²) in [5.74, 6) is 0.402. The molecule has 5 N–H and O–H groups in total. The van der Waals surface area contributed by atoms with Crippen LogP contribution in [-0.4, -0.2) is 45.7 Å². The molecule has 7 nitrogen and oxygen atoms in total. The summed E-state index contributed by atoms with van der Waals surface area (Å²) in [4.78, 5) is 15.3. The number of benzene rings is 1. The SMILES string of the molecule is C[C@H](NC(=O)O)c1cc2cccc(Cl)c2nc1NC[C@H](O)CO. The fourth-order valence-electron chi connectivity index (χ4n) is 2.19. The van der Waals surface area contributed by atoms with Crippen LogP contribution < -0.4 is 10.6 Å². The number of carboxylic acid groups (broad SMARTS) is 1. The number of amides is 1. The smallest absolute Gasteiger partial charge is 0.405 e. The molecule has 0 spiro atoms. The third-order valence-corrected chi connectivity index (χ3v) is 3.65. The molecule has 0 fully saturated rings. The van der Waals surface area contributed by atoms with Gasteiger partial charge in [-0.1, -0.05) is 23.7 Å². The Morgan fingerprint density at radius 1 is 1.43 bits per heavy atom. The molecule has 0 saturated heterocycles. The van der Waals surface area contributed by atoms with Crippen LogP contribution in [0.5, 0.6) is 0 Å². The molecule has 0 aliphatic carbocycles. The number of aliphatic hydroxyl groups excluding tert-OH is 2. The van der Waals surface area contributed by atoms with Gasteiger partial charge in [0.1, 0.15) is 5.82 Å². The molecule has 2 atom stereocenters. The van der Waals surface area contributed by atoms with Crippen molar-refractivity contribution in [2.45, 2.75) is 19.1 Å². The van der Waals surface area contributed by atoms with Crippen LogP contribution in [0.4, 0.5) is 10.6 Å². The van der Waals surface area contributed by atoms with E-state index in [1.54, 1.807) is 25.1 Å². The highest BCUT2D eigenvalue weighted by Gasteiger charge is 2.17. The number of hydrogen-bond donors (Lipinski definition) is 5. The van der Waals surface area contributed by atoms with E-state index in [4.69, 9.17) is 21.8 Å². The number of anilines is 1. The van der Waals surface area contributed by atoms with E-state index in [0.717, 1.165) is 5.39 Å². The second-order valence-electron chi connectivity index (χ2n) is 5.13. The highest BCUT2D eigenvalue weighted by Crippen LogP contribution is 2.29. The van der Waals surface area contributed by atoms with E-state index >= 15 is 0 Å². The summed E-state index contributed by atoms with van der Waals surface area (Å²) in [5, 5.41) is 33.8. The molecule has 0 unspecified atom stereocenters. The highest BCUT2D eigenvalue weighted by atomic mass is 35.5. The zero-order valence-corrected chi connectivity index (χ0v) is 13.2. The number of halogens is 1. The minimum atomic E-state index is -1.15. The summed E-state index contributed by atoms with van der Waals surface area (Å²) >= 11 is 6.15. The number of aromatic nitrogens is 1. The van der Waals surface area contributed by atoms with Crippen molar-refractivity contribution in [2.24, 2.45) is 0 Å². The minimum absolute atomic E-state index is 0.0756. The van der Waals surface area contributed by atoms with E-state index in [9.17, 15) is 9.90 Å². The summed E-state index contributed by atoms with van der Waals surface area (Å²) in [7, 11) is 0. The first-order chi connectivity index (χ1) is 10.9. The van der Waals surface area contributed by atoms with Gasteiger partial charge in [0.15, 0.2) is 0 Å². The number of pyridine rings is 1. The van der Waals surface area contributed by atoms with Crippen molar-refractivity contribution >= 4 is 34.4 Å². The lowest BCUT2D eigenvalue weighted by Crippen LogP contribution is -2.27. The van der Waals surface area contributed by atoms with Crippen molar-refractivity contribution in [2.75, 3.05) is 18.5 Å². The van der Waals surface area contributed by atoms with Crippen LogP contribution in [0.1, 0.15) is 18.5 Å². The maximum Gasteiger partial charge on any atom is 0.405 e. The van der Waals surface area contributed by atoms with Gasteiger partial charge < -0.3 is 26.0 Å². The number of fused-ring (bicyclic) bond motifs is 1. The highest BCUT2D eigenvalue weighted by molar-refractivity contribution is 6.35. The van der Waals surface area contributed by atoms with Crippen molar-refractivity contribution in [3.05, 3.63) is 34.9 Å². The molecule has 124 valence electrons. The number of aliphatic hydroxyl groups is 2. The third kappa shape index (κ3) is 4.22. The molecule has 8 heteroatoms. The molecule has 1 aromatic heterocycles. The molecule has 1 aromatic carbocycles. The number of rotatable bonds is 6. The first-order valence-corrected chi connectivity index (χ1v) is 7.41. The molecule has 0 aliphatic rings. The first kappa shape index (κ1) is 17.3. The fraction of sp³-hybridized carbons (Fsp3) is 0.333. The van der Waals surface area contributed by atoms with Crippen LogP contribution in [0.3, 0.4) is 0 Å². The van der Waals surface area contributed by atoms with Crippen LogP contribution in [-0.2, 0) is 0 Å². The minimum Gasteiger partial charge on any atom is -0.465 e. The van der Waals surface area contributed by atoms with Gasteiger partial charge in [-0.2, -0.15) is 0 Å². The Balaban J connectivity index is 2.45. The van der Waals surface area contributed by atoms with Gasteiger partial charge in [-0.05, 0) is 19.1 Å². The van der Waals surface area contributed by atoms with Gasteiger partial charge in [0.25, 0.3) is 0 Å². The van der Waals surface area contributed by atoms with Crippen LogP contribution in [0.15, 0.2) is 24.3 Å². The molecule has 23 heavy (non-hydrogen) atoms. The molecule has 2 rings (SSSR count). The fourth-order valence-corrected chi connectivity index (χ4v) is 2.42. The van der Waals surface area contributed by atoms with E-state index in [2.05, 4.69) is 15.6 Å². The predicted octanol–water partition coefficient (Wildman–Crippen LogP) is 1.98. The quantitative estimate of drug-likeness (QED) is 0.550. The number of para-hydroxylation sites is 1. The second-order valence-corrected chi connectivity index (χ2v) is 5.53. The molecule has 2 aromatic rings. The maximum absolute atomic E-state index is 10.9. The van der Waals surface area contributed by atoms with E-state index in [1.807, 2.05) is 6.07 Å². The Hall–Kier alpha value is -2.09. The Morgan fingerprint density at radius 3 is 2.83 bits per heavy atom. The molecular formula is C15H18ClN3O4. The molecular weight excluding hydrogens is 322 g/mol. The summed E-state index contributed by atoms with van der Waals surface area (Å²) in [5.41, 5.74) is 1.19. The Bertz CT molecular complexity index is 710. The van der Waals surface area contributed by atoms with Crippen molar-refractivity contribution < 1.29 is 20.1 Å². The average Bonchev–Trinajstić information content (AvgIpc) is 2.51. The molecule has 1 heterocycles. The monoisotopic (exact) mass is 339 g/mol. The number of hydrogen-bond acceptors (Lipinski definition) is 5. The summed E-state index contributed by atoms with van der Waals surface area (Å²) < 4.78 is 0. The summed E-state index contributed by atoms with van der Waals surface area (Å²) in [6.07, 6.45) is -2.10.